The molecule has 0 spiro atoms. The summed E-state index contributed by atoms with van der Waals surface area (Å²) >= 11 is 5.57. The Morgan fingerprint density at radius 1 is 1.32 bits per heavy atom. The largest absolute Gasteiger partial charge is 2.00 e. The van der Waals surface area contributed by atoms with Crippen molar-refractivity contribution in [1.82, 2.24) is 9.13 Å². The minimum absolute atomic E-state index is 0. The Labute approximate surface area is 127 Å². The van der Waals surface area contributed by atoms with Crippen molar-refractivity contribution < 1.29 is 25.5 Å². The molecule has 0 unspecified atom stereocenters. The molecule has 0 aliphatic rings. The molecule has 0 atom stereocenters. The summed E-state index contributed by atoms with van der Waals surface area (Å²) in [5.41, 5.74) is -0.871. The van der Waals surface area contributed by atoms with E-state index in [1.165, 1.54) is 23.7 Å². The van der Waals surface area contributed by atoms with E-state index in [-0.39, 0.29) is 31.8 Å². The maximum absolute atomic E-state index is 13.7. The van der Waals surface area contributed by atoms with Gasteiger partial charge in [-0.25, -0.2) is 9.18 Å². The van der Waals surface area contributed by atoms with E-state index in [1.807, 2.05) is 0 Å². The van der Waals surface area contributed by atoms with Crippen molar-refractivity contribution in [2.24, 2.45) is 7.05 Å². The van der Waals surface area contributed by atoms with Crippen molar-refractivity contribution in [3.63, 3.8) is 0 Å². The Bertz CT molecular complexity index is 739. The SMILES string of the molecule is Cc1cc(=O)n(-c2c[c-]c(Cl)cc2F)c(=O)n1C.[W+2]. The second kappa shape index (κ2) is 5.84. The van der Waals surface area contributed by atoms with Gasteiger partial charge < -0.3 is 4.57 Å². The van der Waals surface area contributed by atoms with Crippen LogP contribution in [-0.2, 0) is 28.1 Å². The van der Waals surface area contributed by atoms with Gasteiger partial charge >= 0.3 is 26.8 Å². The van der Waals surface area contributed by atoms with Gasteiger partial charge in [-0.1, -0.05) is 5.02 Å². The Morgan fingerprint density at radius 3 is 2.53 bits per heavy atom. The summed E-state index contributed by atoms with van der Waals surface area (Å²) in [7, 11) is 1.51. The summed E-state index contributed by atoms with van der Waals surface area (Å²) in [5.74, 6) is -0.748. The smallest absolute Gasteiger partial charge is 0.301 e. The fourth-order valence-corrected chi connectivity index (χ4v) is 1.71. The van der Waals surface area contributed by atoms with E-state index in [4.69, 9.17) is 11.6 Å². The monoisotopic (exact) mass is 451 g/mol. The van der Waals surface area contributed by atoms with Gasteiger partial charge in [-0.3, -0.25) is 9.36 Å². The molecule has 0 amide bonds. The van der Waals surface area contributed by atoms with Crippen LogP contribution in [0.1, 0.15) is 5.69 Å². The fraction of sp³-hybridized carbons (Fsp3) is 0.167. The van der Waals surface area contributed by atoms with Crippen molar-refractivity contribution in [3.05, 3.63) is 61.6 Å². The van der Waals surface area contributed by atoms with E-state index in [9.17, 15) is 14.0 Å². The first-order valence-corrected chi connectivity index (χ1v) is 5.46. The van der Waals surface area contributed by atoms with E-state index in [0.29, 0.717) is 5.69 Å². The second-order valence-corrected chi connectivity index (χ2v) is 4.22. The zero-order chi connectivity index (χ0) is 13.4. The molecule has 2 rings (SSSR count). The van der Waals surface area contributed by atoms with E-state index < -0.39 is 17.1 Å². The van der Waals surface area contributed by atoms with Crippen LogP contribution in [0.4, 0.5) is 4.39 Å². The van der Waals surface area contributed by atoms with Crippen LogP contribution >= 0.6 is 11.6 Å². The van der Waals surface area contributed by atoms with Gasteiger partial charge in [0.05, 0.1) is 0 Å². The molecule has 98 valence electrons. The summed E-state index contributed by atoms with van der Waals surface area (Å²) in [6, 6.07) is 5.98. The van der Waals surface area contributed by atoms with Gasteiger partial charge in [0.2, 0.25) is 5.56 Å². The van der Waals surface area contributed by atoms with Gasteiger partial charge in [0.15, 0.2) is 0 Å². The average molecular weight is 452 g/mol. The number of hydrogen-bond acceptors (Lipinski definition) is 2. The van der Waals surface area contributed by atoms with Crippen molar-refractivity contribution in [2.75, 3.05) is 0 Å². The zero-order valence-electron chi connectivity index (χ0n) is 10.1. The number of hydrogen-bond donors (Lipinski definition) is 0. The standard InChI is InChI=1S/C12H9ClFN2O2.W/c1-7-5-11(17)16(12(18)15(7)2)10-4-3-8(13)6-9(10)14;/h4-6H,1-2H3;/q-1;+2. The predicted octanol–water partition coefficient (Wildman–Crippen LogP) is 1.43. The minimum Gasteiger partial charge on any atom is -0.301 e. The predicted molar refractivity (Wildman–Crippen MR) is 65.8 cm³/mol. The molecule has 0 saturated heterocycles. The maximum atomic E-state index is 13.7. The number of halogens is 2. The first-order chi connectivity index (χ1) is 8.41. The molecule has 2 aromatic rings. The number of nitrogens with zero attached hydrogens (tertiary/aromatic N) is 2. The quantitative estimate of drug-likeness (QED) is 0.616. The third kappa shape index (κ3) is 2.87. The second-order valence-electron chi connectivity index (χ2n) is 3.82. The van der Waals surface area contributed by atoms with Crippen molar-refractivity contribution in [3.8, 4) is 5.69 Å². The van der Waals surface area contributed by atoms with Crippen LogP contribution in [0.3, 0.4) is 0 Å². The average Bonchev–Trinajstić information content (AvgIpc) is 2.29. The van der Waals surface area contributed by atoms with Gasteiger partial charge in [-0.15, -0.1) is 23.7 Å². The number of rotatable bonds is 1. The first-order valence-electron chi connectivity index (χ1n) is 5.08. The summed E-state index contributed by atoms with van der Waals surface area (Å²) < 4.78 is 15.7. The molecule has 0 fully saturated rings. The summed E-state index contributed by atoms with van der Waals surface area (Å²) in [6.45, 7) is 1.62. The van der Waals surface area contributed by atoms with Crippen LogP contribution in [0.15, 0.2) is 27.8 Å². The van der Waals surface area contributed by atoms with Crippen LogP contribution in [0.2, 0.25) is 5.02 Å². The van der Waals surface area contributed by atoms with Crippen LogP contribution < -0.4 is 11.2 Å². The molecule has 1 aromatic carbocycles. The molecule has 0 saturated carbocycles. The molecule has 0 N–H and O–H groups in total. The molecule has 0 radical (unpaired) electrons. The molecular weight excluding hydrogens is 442 g/mol. The van der Waals surface area contributed by atoms with Crippen LogP contribution in [0.25, 0.3) is 5.69 Å². The molecule has 0 bridgehead atoms. The Kier molecular flexibility index (Phi) is 4.88. The van der Waals surface area contributed by atoms with Gasteiger partial charge in [0, 0.05) is 24.6 Å². The number of aryl methyl sites for hydroxylation is 1. The van der Waals surface area contributed by atoms with Gasteiger partial charge in [-0.05, 0) is 12.6 Å². The minimum atomic E-state index is -0.748. The van der Waals surface area contributed by atoms with Crippen LogP contribution in [0.5, 0.6) is 0 Å². The topological polar surface area (TPSA) is 44.0 Å². The molecule has 7 heteroatoms. The summed E-state index contributed by atoms with van der Waals surface area (Å²) in [5, 5.41) is 0.0771. The van der Waals surface area contributed by atoms with E-state index in [2.05, 4.69) is 6.07 Å². The Hall–Kier alpha value is -1.19. The van der Waals surface area contributed by atoms with E-state index in [0.717, 1.165) is 10.6 Å². The van der Waals surface area contributed by atoms with Crippen molar-refractivity contribution >= 4 is 11.6 Å². The van der Waals surface area contributed by atoms with Crippen LogP contribution in [0, 0.1) is 18.8 Å². The van der Waals surface area contributed by atoms with Crippen molar-refractivity contribution in [1.29, 1.82) is 0 Å². The van der Waals surface area contributed by atoms with Gasteiger partial charge in [0.1, 0.15) is 0 Å². The number of benzene rings is 1. The normalized spacial score (nSPS) is 10.1. The summed E-state index contributed by atoms with van der Waals surface area (Å²) in [4.78, 5) is 23.7. The molecule has 19 heavy (non-hydrogen) atoms. The zero-order valence-corrected chi connectivity index (χ0v) is 13.8. The third-order valence-electron chi connectivity index (χ3n) is 2.65. The molecule has 0 aliphatic carbocycles. The molecule has 1 aromatic heterocycles. The molecular formula is C12H9ClFN2O2W+. The Balaban J connectivity index is 0.00000180. The summed E-state index contributed by atoms with van der Waals surface area (Å²) in [6.07, 6.45) is 0. The molecule has 0 aliphatic heterocycles. The van der Waals surface area contributed by atoms with E-state index >= 15 is 0 Å². The number of aromatic nitrogens is 2. The maximum Gasteiger partial charge on any atom is 2.00 e. The molecule has 4 nitrogen and oxygen atoms in total. The molecule has 1 heterocycles. The van der Waals surface area contributed by atoms with Gasteiger partial charge in [-0.2, -0.15) is 6.07 Å². The Morgan fingerprint density at radius 2 is 1.95 bits per heavy atom. The third-order valence-corrected chi connectivity index (χ3v) is 2.86. The van der Waals surface area contributed by atoms with Gasteiger partial charge in [0.25, 0.3) is 0 Å². The van der Waals surface area contributed by atoms with Crippen LogP contribution in [-0.4, -0.2) is 9.13 Å². The van der Waals surface area contributed by atoms with Crippen molar-refractivity contribution in [2.45, 2.75) is 6.92 Å². The fourth-order valence-electron chi connectivity index (χ4n) is 1.56. The first kappa shape index (κ1) is 15.9. The van der Waals surface area contributed by atoms with E-state index in [1.54, 1.807) is 6.92 Å².